The molecule has 0 bridgehead atoms. The van der Waals surface area contributed by atoms with E-state index in [0.29, 0.717) is 13.2 Å². The molecule has 0 radical (unpaired) electrons. The smallest absolute Gasteiger partial charge is 0.135 e. The molecule has 0 aromatic carbocycles. The van der Waals surface area contributed by atoms with Gasteiger partial charge in [-0.05, 0) is 12.8 Å². The molecule has 1 rings (SSSR count). The van der Waals surface area contributed by atoms with Crippen molar-refractivity contribution in [2.45, 2.75) is 44.6 Å². The molecule has 0 aromatic heterocycles. The van der Waals surface area contributed by atoms with Crippen molar-refractivity contribution in [3.8, 4) is 0 Å². The van der Waals surface area contributed by atoms with Crippen molar-refractivity contribution in [2.75, 3.05) is 13.2 Å². The predicted molar refractivity (Wildman–Crippen MR) is 51.2 cm³/mol. The first kappa shape index (κ1) is 10.9. The van der Waals surface area contributed by atoms with Crippen LogP contribution in [0.4, 0.5) is 0 Å². The van der Waals surface area contributed by atoms with Crippen LogP contribution < -0.4 is 11.1 Å². The van der Waals surface area contributed by atoms with E-state index >= 15 is 0 Å². The second-order valence-corrected chi connectivity index (χ2v) is 3.53. The average molecular weight is 188 g/mol. The van der Waals surface area contributed by atoms with Crippen LogP contribution in [-0.2, 0) is 4.74 Å². The summed E-state index contributed by atoms with van der Waals surface area (Å²) in [4.78, 5) is 0. The molecule has 0 aliphatic carbocycles. The van der Waals surface area contributed by atoms with Crippen molar-refractivity contribution in [1.29, 1.82) is 0 Å². The van der Waals surface area contributed by atoms with E-state index in [1.807, 2.05) is 13.8 Å². The van der Waals surface area contributed by atoms with Gasteiger partial charge < -0.3 is 15.6 Å². The monoisotopic (exact) mass is 188 g/mol. The first-order valence-electron chi connectivity index (χ1n) is 4.98. The highest BCUT2D eigenvalue weighted by Gasteiger charge is 2.44. The summed E-state index contributed by atoms with van der Waals surface area (Å²) < 4.78 is 5.64. The van der Waals surface area contributed by atoms with Crippen molar-refractivity contribution < 1.29 is 9.84 Å². The van der Waals surface area contributed by atoms with Crippen LogP contribution in [0.1, 0.15) is 26.7 Å². The van der Waals surface area contributed by atoms with E-state index in [-0.39, 0.29) is 6.04 Å². The van der Waals surface area contributed by atoms with Gasteiger partial charge in [0.25, 0.3) is 0 Å². The summed E-state index contributed by atoms with van der Waals surface area (Å²) in [7, 11) is 0. The van der Waals surface area contributed by atoms with Gasteiger partial charge in [0.1, 0.15) is 11.8 Å². The van der Waals surface area contributed by atoms with Gasteiger partial charge in [-0.25, -0.2) is 0 Å². The topological polar surface area (TPSA) is 67.5 Å². The molecule has 0 aromatic rings. The molecular weight excluding hydrogens is 168 g/mol. The van der Waals surface area contributed by atoms with Crippen molar-refractivity contribution in [2.24, 2.45) is 5.73 Å². The molecule has 1 heterocycles. The molecule has 4 heteroatoms. The Morgan fingerprint density at radius 1 is 1.69 bits per heavy atom. The van der Waals surface area contributed by atoms with Crippen LogP contribution in [0.25, 0.3) is 0 Å². The minimum atomic E-state index is -0.638. The minimum Gasteiger partial charge on any atom is -0.375 e. The van der Waals surface area contributed by atoms with Crippen molar-refractivity contribution in [3.63, 3.8) is 0 Å². The normalized spacial score (nSPS) is 37.4. The predicted octanol–water partition coefficient (Wildman–Crippen LogP) is -0.189. The fourth-order valence-electron chi connectivity index (χ4n) is 1.90. The van der Waals surface area contributed by atoms with Crippen molar-refractivity contribution in [3.05, 3.63) is 0 Å². The summed E-state index contributed by atoms with van der Waals surface area (Å²) in [6, 6.07) is -0.111. The molecule has 1 aliphatic rings. The lowest BCUT2D eigenvalue weighted by Gasteiger charge is -2.44. The van der Waals surface area contributed by atoms with Gasteiger partial charge in [-0.1, -0.05) is 13.8 Å². The molecule has 1 aliphatic heterocycles. The average Bonchev–Trinajstić information content (AvgIpc) is 2.18. The van der Waals surface area contributed by atoms with Gasteiger partial charge in [0.05, 0.1) is 6.61 Å². The van der Waals surface area contributed by atoms with Gasteiger partial charge in [-0.3, -0.25) is 5.32 Å². The maximum absolute atomic E-state index is 9.80. The Labute approximate surface area is 79.5 Å². The molecular formula is C9H20N2O2. The molecule has 1 fully saturated rings. The third-order valence-electron chi connectivity index (χ3n) is 2.89. The Kier molecular flexibility index (Phi) is 3.67. The zero-order valence-corrected chi connectivity index (χ0v) is 8.42. The highest BCUT2D eigenvalue weighted by molar-refractivity contribution is 4.96. The standard InChI is InChI=1S/C9H20N2O2/c1-3-7(10)9(4-2)8(12)11-5-6-13-9/h7-8,11-12H,3-6,10H2,1-2H3. The van der Waals surface area contributed by atoms with Crippen LogP contribution in [0.15, 0.2) is 0 Å². The van der Waals surface area contributed by atoms with Gasteiger partial charge in [0, 0.05) is 12.6 Å². The first-order chi connectivity index (χ1) is 6.17. The first-order valence-corrected chi connectivity index (χ1v) is 4.98. The number of hydrogen-bond acceptors (Lipinski definition) is 4. The Bertz CT molecular complexity index is 160. The van der Waals surface area contributed by atoms with Crippen LogP contribution in [-0.4, -0.2) is 36.1 Å². The fraction of sp³-hybridized carbons (Fsp3) is 1.00. The van der Waals surface area contributed by atoms with E-state index in [2.05, 4.69) is 5.32 Å². The summed E-state index contributed by atoms with van der Waals surface area (Å²) in [5.74, 6) is 0. The molecule has 4 nitrogen and oxygen atoms in total. The maximum atomic E-state index is 9.80. The van der Waals surface area contributed by atoms with E-state index < -0.39 is 11.8 Å². The number of morpholine rings is 1. The van der Waals surface area contributed by atoms with Crippen LogP contribution in [0, 0.1) is 0 Å². The lowest BCUT2D eigenvalue weighted by molar-refractivity contribution is -0.175. The number of ether oxygens (including phenoxy) is 1. The van der Waals surface area contributed by atoms with Gasteiger partial charge in [-0.15, -0.1) is 0 Å². The molecule has 1 saturated heterocycles. The van der Waals surface area contributed by atoms with E-state index in [4.69, 9.17) is 10.5 Å². The second kappa shape index (κ2) is 4.37. The summed E-state index contributed by atoms with van der Waals surface area (Å²) >= 11 is 0. The van der Waals surface area contributed by atoms with E-state index in [9.17, 15) is 5.11 Å². The van der Waals surface area contributed by atoms with E-state index in [1.54, 1.807) is 0 Å². The zero-order chi connectivity index (χ0) is 9.90. The molecule has 78 valence electrons. The number of aliphatic hydroxyl groups excluding tert-OH is 1. The van der Waals surface area contributed by atoms with Crippen LogP contribution in [0.3, 0.4) is 0 Å². The van der Waals surface area contributed by atoms with Gasteiger partial charge >= 0.3 is 0 Å². The Morgan fingerprint density at radius 2 is 2.38 bits per heavy atom. The zero-order valence-electron chi connectivity index (χ0n) is 8.42. The van der Waals surface area contributed by atoms with Crippen LogP contribution in [0.5, 0.6) is 0 Å². The molecule has 0 amide bonds. The molecule has 0 saturated carbocycles. The molecule has 3 atom stereocenters. The summed E-state index contributed by atoms with van der Waals surface area (Å²) in [5, 5.41) is 12.8. The lowest BCUT2D eigenvalue weighted by Crippen LogP contribution is -2.65. The third kappa shape index (κ3) is 1.86. The Balaban J connectivity index is 2.75. The molecule has 4 N–H and O–H groups in total. The maximum Gasteiger partial charge on any atom is 0.135 e. The van der Waals surface area contributed by atoms with Crippen molar-refractivity contribution in [1.82, 2.24) is 5.32 Å². The molecule has 0 spiro atoms. The number of nitrogens with two attached hydrogens (primary N) is 1. The van der Waals surface area contributed by atoms with Crippen LogP contribution in [0.2, 0.25) is 0 Å². The molecule has 13 heavy (non-hydrogen) atoms. The van der Waals surface area contributed by atoms with Crippen LogP contribution >= 0.6 is 0 Å². The van der Waals surface area contributed by atoms with Crippen molar-refractivity contribution >= 4 is 0 Å². The highest BCUT2D eigenvalue weighted by Crippen LogP contribution is 2.26. The number of nitrogens with one attached hydrogen (secondary N) is 1. The Morgan fingerprint density at radius 3 is 2.85 bits per heavy atom. The minimum absolute atomic E-state index is 0.111. The summed E-state index contributed by atoms with van der Waals surface area (Å²) in [6.07, 6.45) is 0.907. The third-order valence-corrected chi connectivity index (χ3v) is 2.89. The number of hydrogen-bond donors (Lipinski definition) is 3. The highest BCUT2D eigenvalue weighted by atomic mass is 16.5. The number of aliphatic hydroxyl groups is 1. The van der Waals surface area contributed by atoms with Gasteiger partial charge in [0.2, 0.25) is 0 Å². The van der Waals surface area contributed by atoms with Gasteiger partial charge in [0.15, 0.2) is 0 Å². The van der Waals surface area contributed by atoms with Gasteiger partial charge in [-0.2, -0.15) is 0 Å². The van der Waals surface area contributed by atoms with E-state index in [1.165, 1.54) is 0 Å². The molecule has 3 unspecified atom stereocenters. The quantitative estimate of drug-likeness (QED) is 0.574. The SMILES string of the molecule is CCC(N)C1(CC)OCCNC1O. The summed E-state index contributed by atoms with van der Waals surface area (Å²) in [5.41, 5.74) is 5.37. The second-order valence-electron chi connectivity index (χ2n) is 3.53. The van der Waals surface area contributed by atoms with E-state index in [0.717, 1.165) is 12.8 Å². The Hall–Kier alpha value is -0.160. The number of rotatable bonds is 3. The largest absolute Gasteiger partial charge is 0.375 e. The summed E-state index contributed by atoms with van der Waals surface area (Å²) in [6.45, 7) is 5.32. The fourth-order valence-corrected chi connectivity index (χ4v) is 1.90. The lowest BCUT2D eigenvalue weighted by atomic mass is 9.87.